The van der Waals surface area contributed by atoms with Crippen molar-refractivity contribution in [3.8, 4) is 16.8 Å². The number of hydrogen-bond donors (Lipinski definition) is 0. The average Bonchev–Trinajstić information content (AvgIpc) is 3.45. The van der Waals surface area contributed by atoms with Gasteiger partial charge in [0.1, 0.15) is 0 Å². The molecule has 0 N–H and O–H groups in total. The van der Waals surface area contributed by atoms with E-state index in [0.717, 1.165) is 0 Å². The monoisotopic (exact) mass is 457 g/mol. The van der Waals surface area contributed by atoms with Gasteiger partial charge in [-0.2, -0.15) is 0 Å². The molecule has 1 atom stereocenters. The summed E-state index contributed by atoms with van der Waals surface area (Å²) >= 11 is 0. The van der Waals surface area contributed by atoms with E-state index in [1.165, 1.54) is 66.1 Å². The Balaban J connectivity index is 1.58. The fraction of sp³-hybridized carbons (Fsp3) is 0.0286. The van der Waals surface area contributed by atoms with Gasteiger partial charge in [-0.15, -0.1) is 0 Å². The van der Waals surface area contributed by atoms with Crippen LogP contribution in [-0.2, 0) is 0 Å². The standard InChI is InChI=1S/C35H23N/c1-3-11-23(12-4-1)33-29-20-19-28-27-17-9-10-18-32(27)36(26-15-5-2-6-16-26)35(28)34(29)31-22-25-14-8-7-13-24(25)21-30(31)33/h1-22,33H. The smallest absolute Gasteiger partial charge is 0.0622 e. The van der Waals surface area contributed by atoms with Crippen LogP contribution in [0.3, 0.4) is 0 Å². The van der Waals surface area contributed by atoms with E-state index in [9.17, 15) is 0 Å². The van der Waals surface area contributed by atoms with Crippen molar-refractivity contribution in [3.63, 3.8) is 0 Å². The van der Waals surface area contributed by atoms with E-state index in [1.807, 2.05) is 0 Å². The molecule has 1 heterocycles. The van der Waals surface area contributed by atoms with Gasteiger partial charge in [0.2, 0.25) is 0 Å². The van der Waals surface area contributed by atoms with Crippen LogP contribution in [0.1, 0.15) is 22.6 Å². The van der Waals surface area contributed by atoms with E-state index in [0.29, 0.717) is 0 Å². The van der Waals surface area contributed by atoms with E-state index in [1.54, 1.807) is 0 Å². The highest BCUT2D eigenvalue weighted by Crippen LogP contribution is 2.53. The Kier molecular flexibility index (Phi) is 4.06. The van der Waals surface area contributed by atoms with Crippen LogP contribution in [0.2, 0.25) is 0 Å². The molecule has 8 rings (SSSR count). The summed E-state index contributed by atoms with van der Waals surface area (Å²) in [6.07, 6.45) is 0. The van der Waals surface area contributed by atoms with E-state index in [2.05, 4.69) is 138 Å². The minimum Gasteiger partial charge on any atom is -0.309 e. The Morgan fingerprint density at radius 1 is 0.500 bits per heavy atom. The largest absolute Gasteiger partial charge is 0.309 e. The Hall–Kier alpha value is -4.62. The van der Waals surface area contributed by atoms with Gasteiger partial charge in [-0.05, 0) is 63.4 Å². The molecule has 1 aliphatic rings. The average molecular weight is 458 g/mol. The number of aromatic nitrogens is 1. The van der Waals surface area contributed by atoms with E-state index < -0.39 is 0 Å². The van der Waals surface area contributed by atoms with Gasteiger partial charge in [-0.1, -0.05) is 103 Å². The minimum absolute atomic E-state index is 0.215. The summed E-state index contributed by atoms with van der Waals surface area (Å²) < 4.78 is 2.47. The quantitative estimate of drug-likeness (QED) is 0.244. The fourth-order valence-corrected chi connectivity index (χ4v) is 6.33. The van der Waals surface area contributed by atoms with Gasteiger partial charge in [-0.3, -0.25) is 0 Å². The highest BCUT2D eigenvalue weighted by Gasteiger charge is 2.33. The molecule has 1 unspecified atom stereocenters. The maximum atomic E-state index is 2.47. The van der Waals surface area contributed by atoms with Crippen molar-refractivity contribution in [2.24, 2.45) is 0 Å². The topological polar surface area (TPSA) is 4.93 Å². The van der Waals surface area contributed by atoms with Crippen LogP contribution in [0, 0.1) is 0 Å². The molecule has 0 amide bonds. The first-order chi connectivity index (χ1) is 17.9. The lowest BCUT2D eigenvalue weighted by Gasteiger charge is -2.15. The molecule has 0 aliphatic heterocycles. The predicted octanol–water partition coefficient (Wildman–Crippen LogP) is 9.10. The number of benzene rings is 6. The van der Waals surface area contributed by atoms with Gasteiger partial charge in [0, 0.05) is 27.9 Å². The van der Waals surface area contributed by atoms with E-state index in [-0.39, 0.29) is 5.92 Å². The second-order valence-electron chi connectivity index (χ2n) is 9.74. The molecule has 0 bridgehead atoms. The van der Waals surface area contributed by atoms with Crippen molar-refractivity contribution in [2.75, 3.05) is 0 Å². The zero-order chi connectivity index (χ0) is 23.6. The molecule has 1 aliphatic carbocycles. The first kappa shape index (κ1) is 19.7. The summed E-state index contributed by atoms with van der Waals surface area (Å²) in [5.74, 6) is 0.215. The van der Waals surface area contributed by atoms with Crippen LogP contribution in [0.5, 0.6) is 0 Å². The van der Waals surface area contributed by atoms with Gasteiger partial charge < -0.3 is 4.57 Å². The Morgan fingerprint density at radius 3 is 1.97 bits per heavy atom. The summed E-state index contributed by atoms with van der Waals surface area (Å²) in [6, 6.07) is 48.9. The lowest BCUT2D eigenvalue weighted by atomic mass is 9.88. The lowest BCUT2D eigenvalue weighted by Crippen LogP contribution is -1.99. The molecule has 0 saturated heterocycles. The second kappa shape index (κ2) is 7.44. The van der Waals surface area contributed by atoms with Crippen molar-refractivity contribution in [1.82, 2.24) is 4.57 Å². The first-order valence-corrected chi connectivity index (χ1v) is 12.6. The zero-order valence-corrected chi connectivity index (χ0v) is 19.7. The van der Waals surface area contributed by atoms with Crippen molar-refractivity contribution in [3.05, 3.63) is 150 Å². The molecule has 168 valence electrons. The Morgan fingerprint density at radius 2 is 1.17 bits per heavy atom. The van der Waals surface area contributed by atoms with E-state index >= 15 is 0 Å². The fourth-order valence-electron chi connectivity index (χ4n) is 6.33. The van der Waals surface area contributed by atoms with Crippen molar-refractivity contribution in [1.29, 1.82) is 0 Å². The predicted molar refractivity (Wildman–Crippen MR) is 151 cm³/mol. The van der Waals surface area contributed by atoms with Crippen molar-refractivity contribution < 1.29 is 0 Å². The lowest BCUT2D eigenvalue weighted by molar-refractivity contribution is 1.02. The van der Waals surface area contributed by atoms with Gasteiger partial charge >= 0.3 is 0 Å². The van der Waals surface area contributed by atoms with E-state index in [4.69, 9.17) is 0 Å². The molecular weight excluding hydrogens is 434 g/mol. The Bertz CT molecular complexity index is 1930. The molecule has 1 aromatic heterocycles. The number of fused-ring (bicyclic) bond motifs is 8. The molecule has 1 heteroatoms. The molecule has 36 heavy (non-hydrogen) atoms. The first-order valence-electron chi connectivity index (χ1n) is 12.6. The number of rotatable bonds is 2. The summed E-state index contributed by atoms with van der Waals surface area (Å²) in [7, 11) is 0. The molecular formula is C35H23N. The summed E-state index contributed by atoms with van der Waals surface area (Å²) in [5.41, 5.74) is 10.6. The zero-order valence-electron chi connectivity index (χ0n) is 19.7. The third kappa shape index (κ3) is 2.66. The SMILES string of the molecule is c1ccc(C2c3cc4ccccc4cc3-c3c2ccc2c4ccccc4n(-c4ccccc4)c32)cc1. The van der Waals surface area contributed by atoms with Crippen LogP contribution in [0.25, 0.3) is 49.4 Å². The van der Waals surface area contributed by atoms with Crippen LogP contribution >= 0.6 is 0 Å². The van der Waals surface area contributed by atoms with Crippen molar-refractivity contribution >= 4 is 32.6 Å². The Labute approximate surface area is 209 Å². The molecule has 1 nitrogen and oxygen atoms in total. The van der Waals surface area contributed by atoms with Gasteiger partial charge in [0.05, 0.1) is 11.0 Å². The van der Waals surface area contributed by atoms with Crippen molar-refractivity contribution in [2.45, 2.75) is 5.92 Å². The maximum absolute atomic E-state index is 2.47. The highest BCUT2D eigenvalue weighted by molar-refractivity contribution is 6.16. The minimum atomic E-state index is 0.215. The highest BCUT2D eigenvalue weighted by atomic mass is 15.0. The van der Waals surface area contributed by atoms with Crippen LogP contribution < -0.4 is 0 Å². The number of hydrogen-bond acceptors (Lipinski definition) is 0. The molecule has 0 radical (unpaired) electrons. The summed E-state index contributed by atoms with van der Waals surface area (Å²) in [4.78, 5) is 0. The molecule has 0 saturated carbocycles. The third-order valence-electron chi connectivity index (χ3n) is 7.83. The second-order valence-corrected chi connectivity index (χ2v) is 9.74. The normalized spacial score (nSPS) is 14.4. The summed E-state index contributed by atoms with van der Waals surface area (Å²) in [6.45, 7) is 0. The van der Waals surface area contributed by atoms with Gasteiger partial charge in [0.15, 0.2) is 0 Å². The molecule has 0 spiro atoms. The number of nitrogens with zero attached hydrogens (tertiary/aromatic N) is 1. The van der Waals surface area contributed by atoms with Crippen LogP contribution in [0.15, 0.2) is 133 Å². The van der Waals surface area contributed by atoms with Gasteiger partial charge in [-0.25, -0.2) is 0 Å². The maximum Gasteiger partial charge on any atom is 0.0622 e. The van der Waals surface area contributed by atoms with Crippen LogP contribution in [-0.4, -0.2) is 4.57 Å². The van der Waals surface area contributed by atoms with Crippen LogP contribution in [0.4, 0.5) is 0 Å². The molecule has 6 aromatic carbocycles. The molecule has 0 fully saturated rings. The van der Waals surface area contributed by atoms with Gasteiger partial charge in [0.25, 0.3) is 0 Å². The molecule has 7 aromatic rings. The number of para-hydroxylation sites is 2. The third-order valence-corrected chi connectivity index (χ3v) is 7.83. The summed E-state index contributed by atoms with van der Waals surface area (Å²) in [5, 5.41) is 5.19.